The molecule has 162 valence electrons. The maximum atomic E-state index is 13.7. The summed E-state index contributed by atoms with van der Waals surface area (Å²) in [6, 6.07) is 1.72. The fraction of sp³-hybridized carbons (Fsp3) is 0.476. The van der Waals surface area contributed by atoms with Crippen LogP contribution in [0.3, 0.4) is 0 Å². The lowest BCUT2D eigenvalue weighted by atomic mass is 9.75. The fourth-order valence-corrected chi connectivity index (χ4v) is 5.50. The quantitative estimate of drug-likeness (QED) is 0.616. The molecule has 3 aromatic heterocycles. The van der Waals surface area contributed by atoms with E-state index in [0.29, 0.717) is 38.3 Å². The van der Waals surface area contributed by atoms with Crippen molar-refractivity contribution in [3.05, 3.63) is 52.3 Å². The van der Waals surface area contributed by atoms with E-state index in [4.69, 9.17) is 0 Å². The van der Waals surface area contributed by atoms with Gasteiger partial charge in [0.2, 0.25) is 5.91 Å². The number of carbonyl (C=O) groups excluding carboxylic acids is 2. The third kappa shape index (κ3) is 3.34. The van der Waals surface area contributed by atoms with Crippen LogP contribution in [0.2, 0.25) is 0 Å². The molecule has 1 spiro atoms. The van der Waals surface area contributed by atoms with Gasteiger partial charge in [0.05, 0.1) is 34.7 Å². The molecule has 2 amide bonds. The van der Waals surface area contributed by atoms with Crippen LogP contribution in [0.5, 0.6) is 0 Å². The van der Waals surface area contributed by atoms with Crippen molar-refractivity contribution in [2.24, 2.45) is 19.5 Å². The number of amides is 2. The number of thiazole rings is 1. The molecule has 0 N–H and O–H groups in total. The lowest BCUT2D eigenvalue weighted by molar-refractivity contribution is -0.136. The van der Waals surface area contributed by atoms with Crippen LogP contribution in [0.15, 0.2) is 30.2 Å². The summed E-state index contributed by atoms with van der Waals surface area (Å²) in [5, 5.41) is 7.27. The predicted octanol–water partition coefficient (Wildman–Crippen LogP) is 1.58. The van der Waals surface area contributed by atoms with Gasteiger partial charge < -0.3 is 14.4 Å². The lowest BCUT2D eigenvalue weighted by Crippen LogP contribution is -2.40. The molecule has 2 atom stereocenters. The van der Waals surface area contributed by atoms with Crippen LogP contribution in [0.4, 0.5) is 0 Å². The van der Waals surface area contributed by atoms with Gasteiger partial charge in [-0.15, -0.1) is 11.3 Å². The Bertz CT molecular complexity index is 1150. The zero-order chi connectivity index (χ0) is 21.8. The Morgan fingerprint density at radius 3 is 2.84 bits per heavy atom. The molecule has 0 bridgehead atoms. The zero-order valence-electron chi connectivity index (χ0n) is 17.9. The molecular formula is C21H25N7O2S. The molecule has 2 saturated heterocycles. The summed E-state index contributed by atoms with van der Waals surface area (Å²) in [5.74, 6) is -0.194. The van der Waals surface area contributed by atoms with Gasteiger partial charge in [0.1, 0.15) is 5.69 Å². The van der Waals surface area contributed by atoms with Crippen molar-refractivity contribution >= 4 is 23.2 Å². The van der Waals surface area contributed by atoms with Gasteiger partial charge in [0.25, 0.3) is 5.91 Å². The van der Waals surface area contributed by atoms with Crippen LogP contribution < -0.4 is 0 Å². The smallest absolute Gasteiger partial charge is 0.274 e. The SMILES string of the molecule is Cc1nc(CN2CC[C@@]3(CN(C(=O)c4ccn(C)n4)C[C@@H]3c3cn(C)cn3)C2=O)cs1. The van der Waals surface area contributed by atoms with Crippen molar-refractivity contribution in [1.82, 2.24) is 34.1 Å². The molecule has 0 saturated carbocycles. The highest BCUT2D eigenvalue weighted by Crippen LogP contribution is 2.50. The largest absolute Gasteiger partial charge is 0.340 e. The monoisotopic (exact) mass is 439 g/mol. The molecule has 0 unspecified atom stereocenters. The summed E-state index contributed by atoms with van der Waals surface area (Å²) < 4.78 is 3.51. The lowest BCUT2D eigenvalue weighted by Gasteiger charge is -2.27. The Morgan fingerprint density at radius 2 is 2.19 bits per heavy atom. The standard InChI is InChI=1S/C21H25N7O2S/c1-14-23-15(11-31-14)8-27-7-5-21(20(27)30)12-28(19(29)17-4-6-26(3)24-17)9-16(21)18-10-25(2)13-22-18/h4,6,10-11,13,16H,5,7-9,12H2,1-3H3/t16-,21+/m1/s1. The molecule has 0 radical (unpaired) electrons. The molecule has 31 heavy (non-hydrogen) atoms. The summed E-state index contributed by atoms with van der Waals surface area (Å²) >= 11 is 1.59. The highest BCUT2D eigenvalue weighted by atomic mass is 32.1. The molecular weight excluding hydrogens is 414 g/mol. The van der Waals surface area contributed by atoms with E-state index in [2.05, 4.69) is 15.1 Å². The molecule has 5 rings (SSSR count). The minimum atomic E-state index is -0.663. The normalized spacial score (nSPS) is 23.5. The number of nitrogens with zero attached hydrogens (tertiary/aromatic N) is 7. The number of imidazole rings is 1. The minimum absolute atomic E-state index is 0.0881. The summed E-state index contributed by atoms with van der Waals surface area (Å²) in [6.45, 7) is 3.98. The van der Waals surface area contributed by atoms with E-state index >= 15 is 0 Å². The predicted molar refractivity (Wildman–Crippen MR) is 114 cm³/mol. The van der Waals surface area contributed by atoms with Crippen molar-refractivity contribution < 1.29 is 9.59 Å². The van der Waals surface area contributed by atoms with Crippen LogP contribution in [0.1, 0.15) is 39.2 Å². The average molecular weight is 440 g/mol. The second-order valence-corrected chi connectivity index (χ2v) is 9.63. The first-order chi connectivity index (χ1) is 14.9. The molecule has 2 fully saturated rings. The molecule has 9 nitrogen and oxygen atoms in total. The van der Waals surface area contributed by atoms with Gasteiger partial charge in [-0.1, -0.05) is 0 Å². The summed E-state index contributed by atoms with van der Waals surface area (Å²) in [5.41, 5.74) is 1.52. The van der Waals surface area contributed by atoms with E-state index in [-0.39, 0.29) is 17.7 Å². The van der Waals surface area contributed by atoms with Crippen LogP contribution in [0, 0.1) is 12.3 Å². The van der Waals surface area contributed by atoms with Gasteiger partial charge in [-0.25, -0.2) is 9.97 Å². The zero-order valence-corrected chi connectivity index (χ0v) is 18.7. The number of likely N-dealkylation sites (tertiary alicyclic amines) is 2. The third-order valence-electron chi connectivity index (χ3n) is 6.41. The van der Waals surface area contributed by atoms with Gasteiger partial charge in [-0.2, -0.15) is 5.10 Å². The van der Waals surface area contributed by atoms with Crippen molar-refractivity contribution in [1.29, 1.82) is 0 Å². The van der Waals surface area contributed by atoms with Crippen molar-refractivity contribution in [3.63, 3.8) is 0 Å². The van der Waals surface area contributed by atoms with Gasteiger partial charge in [-0.05, 0) is 19.4 Å². The third-order valence-corrected chi connectivity index (χ3v) is 7.23. The van der Waals surface area contributed by atoms with E-state index in [1.807, 2.05) is 35.0 Å². The van der Waals surface area contributed by atoms with E-state index in [0.717, 1.165) is 16.4 Å². The van der Waals surface area contributed by atoms with E-state index in [9.17, 15) is 9.59 Å². The Kier molecular flexibility index (Phi) is 4.69. The van der Waals surface area contributed by atoms with Gasteiger partial charge in [0.15, 0.2) is 0 Å². The van der Waals surface area contributed by atoms with Crippen molar-refractivity contribution in [2.45, 2.75) is 25.8 Å². The molecule has 5 heterocycles. The Hall–Kier alpha value is -3.01. The molecule has 3 aromatic rings. The van der Waals surface area contributed by atoms with Crippen LogP contribution in [0.25, 0.3) is 0 Å². The van der Waals surface area contributed by atoms with E-state index in [1.54, 1.807) is 46.6 Å². The van der Waals surface area contributed by atoms with Crippen LogP contribution in [-0.4, -0.2) is 65.6 Å². The van der Waals surface area contributed by atoms with E-state index < -0.39 is 5.41 Å². The number of hydrogen-bond acceptors (Lipinski definition) is 6. The Balaban J connectivity index is 1.45. The van der Waals surface area contributed by atoms with Gasteiger partial charge in [-0.3, -0.25) is 14.3 Å². The van der Waals surface area contributed by atoms with E-state index in [1.165, 1.54) is 0 Å². The second-order valence-electron chi connectivity index (χ2n) is 8.57. The maximum absolute atomic E-state index is 13.7. The van der Waals surface area contributed by atoms with Crippen molar-refractivity contribution in [3.8, 4) is 0 Å². The number of rotatable bonds is 4. The number of hydrogen-bond donors (Lipinski definition) is 0. The summed E-state index contributed by atoms with van der Waals surface area (Å²) in [6.07, 6.45) is 6.16. The van der Waals surface area contributed by atoms with Gasteiger partial charge in [0, 0.05) is 57.4 Å². The molecule has 2 aliphatic heterocycles. The Labute approximate surface area is 184 Å². The maximum Gasteiger partial charge on any atom is 0.274 e. The summed E-state index contributed by atoms with van der Waals surface area (Å²) in [4.78, 5) is 39.6. The second kappa shape index (κ2) is 7.30. The first-order valence-electron chi connectivity index (χ1n) is 10.3. The first-order valence-corrected chi connectivity index (χ1v) is 11.2. The highest BCUT2D eigenvalue weighted by molar-refractivity contribution is 7.09. The first kappa shape index (κ1) is 19.9. The number of aromatic nitrogens is 5. The highest BCUT2D eigenvalue weighted by Gasteiger charge is 2.58. The number of carbonyl (C=O) groups is 2. The molecule has 10 heteroatoms. The fourth-order valence-electron chi connectivity index (χ4n) is 4.90. The summed E-state index contributed by atoms with van der Waals surface area (Å²) in [7, 11) is 3.71. The Morgan fingerprint density at radius 1 is 1.35 bits per heavy atom. The topological polar surface area (TPSA) is 89.2 Å². The average Bonchev–Trinajstić information content (AvgIpc) is 3.54. The minimum Gasteiger partial charge on any atom is -0.340 e. The van der Waals surface area contributed by atoms with Crippen LogP contribution in [-0.2, 0) is 25.4 Å². The molecule has 0 aromatic carbocycles. The van der Waals surface area contributed by atoms with Crippen molar-refractivity contribution in [2.75, 3.05) is 19.6 Å². The molecule has 0 aliphatic carbocycles. The van der Waals surface area contributed by atoms with Gasteiger partial charge >= 0.3 is 0 Å². The number of aryl methyl sites for hydroxylation is 3. The van der Waals surface area contributed by atoms with Crippen LogP contribution >= 0.6 is 11.3 Å². The molecule has 2 aliphatic rings.